The lowest BCUT2D eigenvalue weighted by Crippen LogP contribution is -2.40. The lowest BCUT2D eigenvalue weighted by molar-refractivity contribution is -0.136. The van der Waals surface area contributed by atoms with Crippen LogP contribution in [0.3, 0.4) is 0 Å². The molecule has 2 aromatic carbocycles. The van der Waals surface area contributed by atoms with E-state index in [-0.39, 0.29) is 5.92 Å². The summed E-state index contributed by atoms with van der Waals surface area (Å²) in [4.78, 5) is 12.5. The Hall–Kier alpha value is -2.59. The Bertz CT molecular complexity index is 925. The summed E-state index contributed by atoms with van der Waals surface area (Å²) < 4.78 is 11.2. The molecule has 0 saturated carbocycles. The van der Waals surface area contributed by atoms with Crippen molar-refractivity contribution in [2.45, 2.75) is 25.0 Å². The Balaban J connectivity index is 2.04. The van der Waals surface area contributed by atoms with E-state index in [2.05, 4.69) is 0 Å². The molecule has 1 unspecified atom stereocenters. The fraction of sp³-hybridized carbons (Fsp3) is 0.211. The topological polar surface area (TPSA) is 59.7 Å². The van der Waals surface area contributed by atoms with E-state index in [1.54, 1.807) is 19.1 Å². The molecule has 0 amide bonds. The minimum atomic E-state index is -1.34. The Morgan fingerprint density at radius 3 is 2.57 bits per heavy atom. The first-order valence-electron chi connectivity index (χ1n) is 7.57. The predicted molar refractivity (Wildman–Crippen MR) is 86.6 cm³/mol. The Labute approximate surface area is 132 Å². The molecule has 3 aromatic rings. The molecule has 1 aromatic heterocycles. The first-order valence-corrected chi connectivity index (χ1v) is 7.57. The number of aliphatic hydroxyl groups is 1. The minimum absolute atomic E-state index is 0.268. The van der Waals surface area contributed by atoms with Gasteiger partial charge < -0.3 is 14.3 Å². The second-order valence-corrected chi connectivity index (χ2v) is 6.07. The number of fused-ring (bicyclic) bond motifs is 3. The zero-order valence-corrected chi connectivity index (χ0v) is 12.7. The van der Waals surface area contributed by atoms with Gasteiger partial charge in [0.2, 0.25) is 5.79 Å². The largest absolute Gasteiger partial charge is 0.461 e. The molecule has 1 N–H and O–H groups in total. The number of para-hydroxylation sites is 1. The van der Waals surface area contributed by atoms with Crippen LogP contribution < -0.4 is 10.4 Å². The number of hydrogen-bond acceptors (Lipinski definition) is 4. The van der Waals surface area contributed by atoms with Gasteiger partial charge in [0.25, 0.3) is 0 Å². The van der Waals surface area contributed by atoms with E-state index in [1.807, 2.05) is 42.5 Å². The maximum Gasteiger partial charge on any atom is 0.343 e. The molecular weight excluding hydrogens is 292 g/mol. The standard InChI is InChI=1S/C19H16O4/c1-19(21)11-14(12-7-3-2-4-8-12)16-17(23-19)13-9-5-6-10-15(13)22-18(16)20/h2-10,14,21H,11H2,1H3/t14-,19?/m0/s1. The second kappa shape index (κ2) is 4.96. The summed E-state index contributed by atoms with van der Waals surface area (Å²) in [6.45, 7) is 1.62. The molecule has 1 aliphatic rings. The molecule has 4 heteroatoms. The lowest BCUT2D eigenvalue weighted by Gasteiger charge is -2.36. The highest BCUT2D eigenvalue weighted by molar-refractivity contribution is 5.85. The smallest absolute Gasteiger partial charge is 0.343 e. The van der Waals surface area contributed by atoms with Gasteiger partial charge in [-0.1, -0.05) is 42.5 Å². The molecule has 1 aliphatic heterocycles. The first-order chi connectivity index (χ1) is 11.1. The third-order valence-corrected chi connectivity index (χ3v) is 4.25. The van der Waals surface area contributed by atoms with E-state index in [1.165, 1.54) is 0 Å². The molecule has 2 atom stereocenters. The molecular formula is C19H16O4. The zero-order chi connectivity index (χ0) is 16.0. The van der Waals surface area contributed by atoms with Gasteiger partial charge in [-0.15, -0.1) is 0 Å². The van der Waals surface area contributed by atoms with E-state index < -0.39 is 11.4 Å². The van der Waals surface area contributed by atoms with Crippen LogP contribution in [0.15, 0.2) is 63.8 Å². The van der Waals surface area contributed by atoms with Crippen LogP contribution in [0.4, 0.5) is 0 Å². The van der Waals surface area contributed by atoms with Crippen LogP contribution in [-0.2, 0) is 0 Å². The van der Waals surface area contributed by atoms with Crippen LogP contribution in [0.5, 0.6) is 5.75 Å². The minimum Gasteiger partial charge on any atom is -0.461 e. The highest BCUT2D eigenvalue weighted by Crippen LogP contribution is 2.44. The summed E-state index contributed by atoms with van der Waals surface area (Å²) in [7, 11) is 0. The predicted octanol–water partition coefficient (Wildman–Crippen LogP) is 3.42. The van der Waals surface area contributed by atoms with Crippen molar-refractivity contribution < 1.29 is 14.3 Å². The maximum absolute atomic E-state index is 12.5. The van der Waals surface area contributed by atoms with Crippen molar-refractivity contribution in [1.29, 1.82) is 0 Å². The summed E-state index contributed by atoms with van der Waals surface area (Å²) in [5, 5.41) is 11.2. The molecule has 0 saturated heterocycles. The summed E-state index contributed by atoms with van der Waals surface area (Å²) in [6, 6.07) is 16.9. The van der Waals surface area contributed by atoms with Crippen molar-refractivity contribution in [1.82, 2.24) is 0 Å². The third kappa shape index (κ3) is 2.32. The Morgan fingerprint density at radius 1 is 1.09 bits per heavy atom. The van der Waals surface area contributed by atoms with Gasteiger partial charge in [-0.2, -0.15) is 0 Å². The van der Waals surface area contributed by atoms with Gasteiger partial charge in [0, 0.05) is 19.3 Å². The molecule has 0 aliphatic carbocycles. The molecule has 23 heavy (non-hydrogen) atoms. The van der Waals surface area contributed by atoms with E-state index in [0.717, 1.165) is 5.56 Å². The summed E-state index contributed by atoms with van der Waals surface area (Å²) in [5.41, 5.74) is 1.48. The maximum atomic E-state index is 12.5. The number of ether oxygens (including phenoxy) is 1. The van der Waals surface area contributed by atoms with Crippen LogP contribution in [0.1, 0.15) is 30.4 Å². The highest BCUT2D eigenvalue weighted by atomic mass is 16.6. The van der Waals surface area contributed by atoms with Gasteiger partial charge in [-0.25, -0.2) is 4.79 Å². The Kier molecular flexibility index (Phi) is 3.03. The van der Waals surface area contributed by atoms with E-state index in [4.69, 9.17) is 9.15 Å². The van der Waals surface area contributed by atoms with Crippen molar-refractivity contribution in [3.05, 3.63) is 76.1 Å². The van der Waals surface area contributed by atoms with Crippen LogP contribution in [-0.4, -0.2) is 10.9 Å². The van der Waals surface area contributed by atoms with Crippen molar-refractivity contribution in [3.8, 4) is 5.75 Å². The van der Waals surface area contributed by atoms with Gasteiger partial charge in [-0.3, -0.25) is 0 Å². The molecule has 0 bridgehead atoms. The lowest BCUT2D eigenvalue weighted by atomic mass is 9.83. The van der Waals surface area contributed by atoms with E-state index in [9.17, 15) is 9.90 Å². The van der Waals surface area contributed by atoms with Gasteiger partial charge in [0.05, 0.1) is 10.9 Å². The number of rotatable bonds is 1. The summed E-state index contributed by atoms with van der Waals surface area (Å²) in [6.07, 6.45) is 0.299. The molecule has 0 fully saturated rings. The van der Waals surface area contributed by atoms with Gasteiger partial charge >= 0.3 is 5.63 Å². The monoisotopic (exact) mass is 308 g/mol. The summed E-state index contributed by atoms with van der Waals surface area (Å²) >= 11 is 0. The Morgan fingerprint density at radius 2 is 1.78 bits per heavy atom. The van der Waals surface area contributed by atoms with Crippen molar-refractivity contribution in [2.75, 3.05) is 0 Å². The highest BCUT2D eigenvalue weighted by Gasteiger charge is 2.39. The average molecular weight is 308 g/mol. The fourth-order valence-electron chi connectivity index (χ4n) is 3.26. The number of hydrogen-bond donors (Lipinski definition) is 1. The van der Waals surface area contributed by atoms with Crippen molar-refractivity contribution >= 4 is 11.0 Å². The van der Waals surface area contributed by atoms with E-state index in [0.29, 0.717) is 28.7 Å². The molecule has 116 valence electrons. The third-order valence-electron chi connectivity index (χ3n) is 4.25. The zero-order valence-electron chi connectivity index (χ0n) is 12.7. The summed E-state index contributed by atoms with van der Waals surface area (Å²) in [5.74, 6) is -1.19. The normalized spacial score (nSPS) is 23.3. The van der Waals surface area contributed by atoms with Gasteiger partial charge in [0.15, 0.2) is 0 Å². The quantitative estimate of drug-likeness (QED) is 0.700. The van der Waals surface area contributed by atoms with Crippen molar-refractivity contribution in [2.24, 2.45) is 0 Å². The van der Waals surface area contributed by atoms with Crippen LogP contribution >= 0.6 is 0 Å². The molecule has 0 spiro atoms. The van der Waals surface area contributed by atoms with Gasteiger partial charge in [0.1, 0.15) is 11.3 Å². The van der Waals surface area contributed by atoms with Crippen LogP contribution in [0, 0.1) is 0 Å². The first kappa shape index (κ1) is 14.0. The number of benzene rings is 2. The molecule has 4 rings (SSSR count). The van der Waals surface area contributed by atoms with Crippen LogP contribution in [0.2, 0.25) is 0 Å². The fourth-order valence-corrected chi connectivity index (χ4v) is 3.26. The second-order valence-electron chi connectivity index (χ2n) is 6.07. The molecule has 4 nitrogen and oxygen atoms in total. The van der Waals surface area contributed by atoms with Crippen molar-refractivity contribution in [3.63, 3.8) is 0 Å². The SMILES string of the molecule is CC1(O)C[C@@H](c2ccccc2)c2c(c3ccccc3oc2=O)O1. The average Bonchev–Trinajstić information content (AvgIpc) is 2.54. The van der Waals surface area contributed by atoms with Crippen LogP contribution in [0.25, 0.3) is 11.0 Å². The van der Waals surface area contributed by atoms with Gasteiger partial charge in [-0.05, 0) is 17.7 Å². The van der Waals surface area contributed by atoms with E-state index >= 15 is 0 Å². The molecule has 0 radical (unpaired) electrons. The molecule has 2 heterocycles.